The lowest BCUT2D eigenvalue weighted by molar-refractivity contribution is -0.0336. The van der Waals surface area contributed by atoms with E-state index in [9.17, 15) is 5.11 Å². The van der Waals surface area contributed by atoms with Crippen LogP contribution in [0.3, 0.4) is 0 Å². The molecule has 0 aliphatic heterocycles. The smallest absolute Gasteiger partial charge is 0.0569 e. The molecule has 0 aromatic heterocycles. The zero-order chi connectivity index (χ0) is 21.0. The summed E-state index contributed by atoms with van der Waals surface area (Å²) in [6.07, 6.45) is 14.8. The average Bonchev–Trinajstić information content (AvgIpc) is 3.02. The number of rotatable bonds is 5. The molecule has 0 spiro atoms. The Morgan fingerprint density at radius 3 is 2.45 bits per heavy atom. The van der Waals surface area contributed by atoms with E-state index in [1.165, 1.54) is 64.2 Å². The van der Waals surface area contributed by atoms with E-state index in [1.54, 1.807) is 0 Å². The SMILES string of the molecule is CC(C)CCC[C@@H](C)[C@H]1CC[C@H]2C3=C(CC[C@]12C)[C@@]1(C)CC[C@H](O)C(C)C1CC3. The van der Waals surface area contributed by atoms with E-state index in [0.717, 1.165) is 30.1 Å². The first kappa shape index (κ1) is 21.9. The van der Waals surface area contributed by atoms with Crippen molar-refractivity contribution in [3.8, 4) is 0 Å². The number of aliphatic hydroxyl groups excluding tert-OH is 1. The lowest BCUT2D eigenvalue weighted by Crippen LogP contribution is -2.49. The lowest BCUT2D eigenvalue weighted by atomic mass is 9.49. The highest BCUT2D eigenvalue weighted by Gasteiger charge is 2.56. The van der Waals surface area contributed by atoms with Crippen LogP contribution < -0.4 is 0 Å². The first-order chi connectivity index (χ1) is 13.7. The molecule has 0 saturated heterocycles. The second kappa shape index (κ2) is 7.99. The van der Waals surface area contributed by atoms with Crippen LogP contribution in [0.15, 0.2) is 11.1 Å². The summed E-state index contributed by atoms with van der Waals surface area (Å²) in [5.74, 6) is 4.73. The molecule has 4 aliphatic rings. The molecule has 0 heterocycles. The van der Waals surface area contributed by atoms with Crippen molar-refractivity contribution >= 4 is 0 Å². The van der Waals surface area contributed by atoms with Gasteiger partial charge in [-0.1, -0.05) is 72.0 Å². The van der Waals surface area contributed by atoms with E-state index < -0.39 is 0 Å². The Morgan fingerprint density at radius 1 is 0.966 bits per heavy atom. The molecule has 4 rings (SSSR count). The van der Waals surface area contributed by atoms with E-state index in [0.29, 0.717) is 22.7 Å². The van der Waals surface area contributed by atoms with Crippen molar-refractivity contribution < 1.29 is 5.11 Å². The molecule has 1 heteroatoms. The summed E-state index contributed by atoms with van der Waals surface area (Å²) in [7, 11) is 0. The van der Waals surface area contributed by atoms with E-state index in [1.807, 2.05) is 11.1 Å². The predicted molar refractivity (Wildman–Crippen MR) is 124 cm³/mol. The van der Waals surface area contributed by atoms with E-state index in [4.69, 9.17) is 0 Å². The molecule has 4 aliphatic carbocycles. The van der Waals surface area contributed by atoms with Gasteiger partial charge in [-0.3, -0.25) is 0 Å². The number of fused-ring (bicyclic) bond motifs is 4. The summed E-state index contributed by atoms with van der Waals surface area (Å²) < 4.78 is 0. The van der Waals surface area contributed by atoms with Gasteiger partial charge in [-0.15, -0.1) is 0 Å². The highest BCUT2D eigenvalue weighted by molar-refractivity contribution is 5.34. The summed E-state index contributed by atoms with van der Waals surface area (Å²) in [5.41, 5.74) is 4.73. The average molecular weight is 401 g/mol. The fourth-order valence-corrected chi connectivity index (χ4v) is 8.93. The van der Waals surface area contributed by atoms with Crippen molar-refractivity contribution in [3.05, 3.63) is 11.1 Å². The Balaban J connectivity index is 1.54. The van der Waals surface area contributed by atoms with Gasteiger partial charge in [0.2, 0.25) is 0 Å². The molecule has 2 fully saturated rings. The van der Waals surface area contributed by atoms with Gasteiger partial charge in [0.1, 0.15) is 0 Å². The zero-order valence-corrected chi connectivity index (χ0v) is 20.3. The molecule has 8 atom stereocenters. The Morgan fingerprint density at radius 2 is 1.72 bits per heavy atom. The van der Waals surface area contributed by atoms with Gasteiger partial charge in [0.05, 0.1) is 6.10 Å². The molecule has 0 amide bonds. The molecule has 0 aromatic rings. The quantitative estimate of drug-likeness (QED) is 0.467. The third kappa shape index (κ3) is 3.56. The summed E-state index contributed by atoms with van der Waals surface area (Å²) in [6.45, 7) is 14.9. The minimum Gasteiger partial charge on any atom is -0.393 e. The topological polar surface area (TPSA) is 20.2 Å². The highest BCUT2D eigenvalue weighted by atomic mass is 16.3. The minimum absolute atomic E-state index is 0.0633. The largest absolute Gasteiger partial charge is 0.393 e. The van der Waals surface area contributed by atoms with Gasteiger partial charge in [0.25, 0.3) is 0 Å². The van der Waals surface area contributed by atoms with Crippen molar-refractivity contribution in [2.75, 3.05) is 0 Å². The predicted octanol–water partition coefficient (Wildman–Crippen LogP) is 7.78. The maximum atomic E-state index is 10.5. The van der Waals surface area contributed by atoms with Crippen LogP contribution in [0.5, 0.6) is 0 Å². The monoisotopic (exact) mass is 400 g/mol. The third-order valence-electron chi connectivity index (χ3n) is 10.7. The molecule has 2 saturated carbocycles. The summed E-state index contributed by atoms with van der Waals surface area (Å²) in [4.78, 5) is 0. The molecule has 0 bridgehead atoms. The van der Waals surface area contributed by atoms with Crippen molar-refractivity contribution in [2.45, 2.75) is 118 Å². The van der Waals surface area contributed by atoms with Gasteiger partial charge < -0.3 is 5.11 Å². The van der Waals surface area contributed by atoms with Gasteiger partial charge in [-0.25, -0.2) is 0 Å². The van der Waals surface area contributed by atoms with Gasteiger partial charge in [-0.2, -0.15) is 0 Å². The van der Waals surface area contributed by atoms with Crippen molar-refractivity contribution in [3.63, 3.8) is 0 Å². The van der Waals surface area contributed by atoms with Gasteiger partial charge in [0.15, 0.2) is 0 Å². The van der Waals surface area contributed by atoms with Crippen LogP contribution in [0.25, 0.3) is 0 Å². The zero-order valence-electron chi connectivity index (χ0n) is 20.3. The molecule has 0 radical (unpaired) electrons. The van der Waals surface area contributed by atoms with E-state index >= 15 is 0 Å². The number of aliphatic hydroxyl groups is 1. The summed E-state index contributed by atoms with van der Waals surface area (Å²) >= 11 is 0. The highest BCUT2D eigenvalue weighted by Crippen LogP contribution is 2.66. The van der Waals surface area contributed by atoms with Crippen molar-refractivity contribution in [2.24, 2.45) is 46.3 Å². The maximum absolute atomic E-state index is 10.5. The second-order valence-corrected chi connectivity index (χ2v) is 12.6. The molecule has 2 unspecified atom stereocenters. The normalized spacial score (nSPS) is 45.7. The first-order valence-corrected chi connectivity index (χ1v) is 13.1. The van der Waals surface area contributed by atoms with E-state index in [2.05, 4.69) is 41.5 Å². The maximum Gasteiger partial charge on any atom is 0.0569 e. The van der Waals surface area contributed by atoms with Crippen LogP contribution in [0.4, 0.5) is 0 Å². The van der Waals surface area contributed by atoms with Gasteiger partial charge in [0, 0.05) is 0 Å². The van der Waals surface area contributed by atoms with Gasteiger partial charge in [-0.05, 0) is 97.7 Å². The Labute approximate surface area is 181 Å². The van der Waals surface area contributed by atoms with Crippen LogP contribution in [0, 0.1) is 46.3 Å². The Hall–Kier alpha value is -0.300. The Kier molecular flexibility index (Phi) is 6.04. The van der Waals surface area contributed by atoms with Crippen molar-refractivity contribution in [1.82, 2.24) is 0 Å². The standard InChI is InChI=1S/C28H48O/c1-18(2)8-7-9-19(3)22-12-13-24-21-10-11-23-20(4)26(29)15-17-28(23,6)25(21)14-16-27(22,24)5/h18-20,22-24,26,29H,7-17H2,1-6H3/t19-,20?,22-,23?,24+,26+,27-,28+/m1/s1. The molecule has 0 aromatic carbocycles. The molecule has 29 heavy (non-hydrogen) atoms. The van der Waals surface area contributed by atoms with Crippen LogP contribution in [-0.2, 0) is 0 Å². The molecule has 1 nitrogen and oxygen atoms in total. The van der Waals surface area contributed by atoms with Crippen LogP contribution in [0.1, 0.15) is 112 Å². The molecule has 1 N–H and O–H groups in total. The van der Waals surface area contributed by atoms with Crippen LogP contribution >= 0.6 is 0 Å². The van der Waals surface area contributed by atoms with Crippen LogP contribution in [-0.4, -0.2) is 11.2 Å². The third-order valence-corrected chi connectivity index (χ3v) is 10.7. The number of hydrogen-bond acceptors (Lipinski definition) is 1. The van der Waals surface area contributed by atoms with Crippen LogP contribution in [0.2, 0.25) is 0 Å². The lowest BCUT2D eigenvalue weighted by Gasteiger charge is -2.56. The number of hydrogen-bond donors (Lipinski definition) is 1. The Bertz CT molecular complexity index is 632. The summed E-state index contributed by atoms with van der Waals surface area (Å²) in [5, 5.41) is 10.5. The number of allylic oxidation sites excluding steroid dienone is 2. The fraction of sp³-hybridized carbons (Fsp3) is 0.929. The van der Waals surface area contributed by atoms with Gasteiger partial charge >= 0.3 is 0 Å². The van der Waals surface area contributed by atoms with E-state index in [-0.39, 0.29) is 6.10 Å². The minimum atomic E-state index is -0.0633. The molecule has 166 valence electrons. The van der Waals surface area contributed by atoms with Crippen molar-refractivity contribution in [1.29, 1.82) is 0 Å². The second-order valence-electron chi connectivity index (χ2n) is 12.6. The molecular formula is C28H48O. The molecular weight excluding hydrogens is 352 g/mol. The first-order valence-electron chi connectivity index (χ1n) is 13.1. The summed E-state index contributed by atoms with van der Waals surface area (Å²) in [6, 6.07) is 0. The fourth-order valence-electron chi connectivity index (χ4n) is 8.93.